The van der Waals surface area contributed by atoms with Crippen molar-refractivity contribution in [3.63, 3.8) is 0 Å². The molecule has 1 aromatic rings. The van der Waals surface area contributed by atoms with E-state index < -0.39 is 0 Å². The molecule has 1 aromatic heterocycles. The van der Waals surface area contributed by atoms with Crippen LogP contribution >= 0.6 is 0 Å². The Kier molecular flexibility index (Phi) is 1.99. The third-order valence-corrected chi connectivity index (χ3v) is 2.15. The van der Waals surface area contributed by atoms with Crippen molar-refractivity contribution in [2.75, 3.05) is 18.9 Å². The average molecular weight is 167 g/mol. The van der Waals surface area contributed by atoms with Gasteiger partial charge in [0.1, 0.15) is 5.82 Å². The van der Waals surface area contributed by atoms with E-state index >= 15 is 0 Å². The molecule has 12 heavy (non-hydrogen) atoms. The van der Waals surface area contributed by atoms with Gasteiger partial charge in [0.25, 0.3) is 0 Å². The lowest BCUT2D eigenvalue weighted by atomic mass is 10.1. The van der Waals surface area contributed by atoms with Gasteiger partial charge < -0.3 is 15.0 Å². The van der Waals surface area contributed by atoms with E-state index in [-0.39, 0.29) is 0 Å². The summed E-state index contributed by atoms with van der Waals surface area (Å²) in [5, 5.41) is 0. The van der Waals surface area contributed by atoms with E-state index in [0.29, 0.717) is 11.7 Å². The van der Waals surface area contributed by atoms with Crippen LogP contribution in [0, 0.1) is 5.92 Å². The summed E-state index contributed by atoms with van der Waals surface area (Å²) in [6, 6.07) is 0. The van der Waals surface area contributed by atoms with Crippen LogP contribution in [0.3, 0.4) is 0 Å². The Morgan fingerprint density at radius 3 is 3.25 bits per heavy atom. The summed E-state index contributed by atoms with van der Waals surface area (Å²) < 4.78 is 7.29. The van der Waals surface area contributed by atoms with E-state index in [4.69, 9.17) is 10.5 Å². The Balaban J connectivity index is 1.94. The first-order chi connectivity index (χ1) is 5.84. The molecule has 66 valence electrons. The zero-order valence-corrected chi connectivity index (χ0v) is 6.94. The van der Waals surface area contributed by atoms with Crippen LogP contribution in [0.2, 0.25) is 0 Å². The van der Waals surface area contributed by atoms with Crippen molar-refractivity contribution < 1.29 is 4.74 Å². The minimum atomic E-state index is 0.592. The second-order valence-corrected chi connectivity index (χ2v) is 3.22. The summed E-state index contributed by atoms with van der Waals surface area (Å²) in [6.45, 7) is 2.75. The number of anilines is 1. The maximum atomic E-state index is 5.49. The smallest absolute Gasteiger partial charge is 0.141 e. The highest BCUT2D eigenvalue weighted by Gasteiger charge is 2.15. The van der Waals surface area contributed by atoms with Gasteiger partial charge in [-0.05, 0) is 6.42 Å². The van der Waals surface area contributed by atoms with Gasteiger partial charge >= 0.3 is 0 Å². The molecular formula is C8H13N3O. The summed E-state index contributed by atoms with van der Waals surface area (Å²) in [5.74, 6) is 1.23. The number of aromatic nitrogens is 2. The van der Waals surface area contributed by atoms with Crippen molar-refractivity contribution in [1.82, 2.24) is 9.55 Å². The van der Waals surface area contributed by atoms with Crippen molar-refractivity contribution in [3.05, 3.63) is 12.5 Å². The molecule has 2 N–H and O–H groups in total. The predicted molar refractivity (Wildman–Crippen MR) is 45.6 cm³/mol. The Labute approximate surface area is 71.3 Å². The van der Waals surface area contributed by atoms with Gasteiger partial charge in [-0.25, -0.2) is 4.98 Å². The first kappa shape index (κ1) is 7.61. The number of hydrogen-bond donors (Lipinski definition) is 1. The normalized spacial score (nSPS) is 23.2. The second-order valence-electron chi connectivity index (χ2n) is 3.22. The van der Waals surface area contributed by atoms with Crippen molar-refractivity contribution in [3.8, 4) is 0 Å². The molecule has 2 heterocycles. The lowest BCUT2D eigenvalue weighted by Crippen LogP contribution is -2.08. The van der Waals surface area contributed by atoms with Crippen molar-refractivity contribution >= 4 is 5.82 Å². The fourth-order valence-corrected chi connectivity index (χ4v) is 1.50. The lowest BCUT2D eigenvalue weighted by Gasteiger charge is -2.06. The molecular weight excluding hydrogens is 154 g/mol. The number of nitrogen functional groups attached to an aromatic ring is 1. The first-order valence-corrected chi connectivity index (χ1v) is 4.19. The minimum absolute atomic E-state index is 0.592. The molecule has 0 saturated carbocycles. The molecule has 0 amide bonds. The van der Waals surface area contributed by atoms with Crippen molar-refractivity contribution in [1.29, 1.82) is 0 Å². The van der Waals surface area contributed by atoms with Gasteiger partial charge in [-0.2, -0.15) is 0 Å². The quantitative estimate of drug-likeness (QED) is 0.698. The van der Waals surface area contributed by atoms with Crippen LogP contribution in [-0.2, 0) is 11.3 Å². The van der Waals surface area contributed by atoms with Crippen molar-refractivity contribution in [2.45, 2.75) is 13.0 Å². The molecule has 4 heteroatoms. The zero-order valence-electron chi connectivity index (χ0n) is 6.94. The third-order valence-electron chi connectivity index (χ3n) is 2.15. The fourth-order valence-electron chi connectivity index (χ4n) is 1.50. The molecule has 2 rings (SSSR count). The van der Waals surface area contributed by atoms with Gasteiger partial charge in [-0.15, -0.1) is 0 Å². The van der Waals surface area contributed by atoms with Crippen LogP contribution < -0.4 is 5.73 Å². The summed E-state index contributed by atoms with van der Waals surface area (Å²) in [6.07, 6.45) is 4.78. The average Bonchev–Trinajstić information content (AvgIpc) is 2.63. The third kappa shape index (κ3) is 1.58. The monoisotopic (exact) mass is 167 g/mol. The predicted octanol–water partition coefficient (Wildman–Crippen LogP) is 0.502. The van der Waals surface area contributed by atoms with E-state index in [9.17, 15) is 0 Å². The molecule has 1 aliphatic rings. The number of rotatable bonds is 2. The molecule has 1 atom stereocenters. The van der Waals surface area contributed by atoms with Crippen LogP contribution in [-0.4, -0.2) is 22.8 Å². The lowest BCUT2D eigenvalue weighted by molar-refractivity contribution is 0.182. The first-order valence-electron chi connectivity index (χ1n) is 4.19. The summed E-state index contributed by atoms with van der Waals surface area (Å²) in [7, 11) is 0. The van der Waals surface area contributed by atoms with Crippen LogP contribution in [0.25, 0.3) is 0 Å². The molecule has 0 radical (unpaired) electrons. The standard InChI is InChI=1S/C8H13N3O/c9-8-4-11(6-10-8)3-7-1-2-12-5-7/h4,6-7H,1-3,5,9H2. The summed E-state index contributed by atoms with van der Waals surface area (Å²) in [5.41, 5.74) is 5.49. The van der Waals surface area contributed by atoms with Crippen molar-refractivity contribution in [2.24, 2.45) is 5.92 Å². The maximum Gasteiger partial charge on any atom is 0.141 e. The number of nitrogens with zero attached hydrogens (tertiary/aromatic N) is 2. The Bertz CT molecular complexity index is 253. The highest BCUT2D eigenvalue weighted by molar-refractivity contribution is 5.22. The van der Waals surface area contributed by atoms with E-state index in [2.05, 4.69) is 4.98 Å². The van der Waals surface area contributed by atoms with Gasteiger partial charge in [0, 0.05) is 25.3 Å². The van der Waals surface area contributed by atoms with E-state index in [0.717, 1.165) is 26.2 Å². The Hall–Kier alpha value is -1.03. The minimum Gasteiger partial charge on any atom is -0.382 e. The number of nitrogens with two attached hydrogens (primary N) is 1. The number of imidazole rings is 1. The Morgan fingerprint density at radius 1 is 1.75 bits per heavy atom. The molecule has 1 fully saturated rings. The number of ether oxygens (including phenoxy) is 1. The molecule has 0 spiro atoms. The van der Waals surface area contributed by atoms with Gasteiger partial charge in [0.05, 0.1) is 12.9 Å². The molecule has 1 saturated heterocycles. The molecule has 1 aliphatic heterocycles. The van der Waals surface area contributed by atoms with E-state index in [1.54, 1.807) is 6.33 Å². The largest absolute Gasteiger partial charge is 0.382 e. The topological polar surface area (TPSA) is 53.1 Å². The van der Waals surface area contributed by atoms with Gasteiger partial charge in [0.15, 0.2) is 0 Å². The SMILES string of the molecule is Nc1cn(CC2CCOC2)cn1. The molecule has 0 aromatic carbocycles. The van der Waals surface area contributed by atoms with Crippen LogP contribution in [0.5, 0.6) is 0 Å². The Morgan fingerprint density at radius 2 is 2.67 bits per heavy atom. The fraction of sp³-hybridized carbons (Fsp3) is 0.625. The molecule has 0 aliphatic carbocycles. The van der Waals surface area contributed by atoms with Crippen LogP contribution in [0.15, 0.2) is 12.5 Å². The highest BCUT2D eigenvalue weighted by Crippen LogP contribution is 2.14. The maximum absolute atomic E-state index is 5.49. The van der Waals surface area contributed by atoms with E-state index in [1.165, 1.54) is 0 Å². The highest BCUT2D eigenvalue weighted by atomic mass is 16.5. The van der Waals surface area contributed by atoms with E-state index in [1.807, 2.05) is 10.8 Å². The molecule has 1 unspecified atom stereocenters. The summed E-state index contributed by atoms with van der Waals surface area (Å²) in [4.78, 5) is 3.96. The zero-order chi connectivity index (χ0) is 8.39. The number of hydrogen-bond acceptors (Lipinski definition) is 3. The summed E-state index contributed by atoms with van der Waals surface area (Å²) >= 11 is 0. The van der Waals surface area contributed by atoms with Gasteiger partial charge in [-0.3, -0.25) is 0 Å². The molecule has 0 bridgehead atoms. The van der Waals surface area contributed by atoms with Crippen LogP contribution in [0.1, 0.15) is 6.42 Å². The van der Waals surface area contributed by atoms with Crippen LogP contribution in [0.4, 0.5) is 5.82 Å². The van der Waals surface area contributed by atoms with Gasteiger partial charge in [0.2, 0.25) is 0 Å². The second kappa shape index (κ2) is 3.15. The molecule has 4 nitrogen and oxygen atoms in total. The van der Waals surface area contributed by atoms with Gasteiger partial charge in [-0.1, -0.05) is 0 Å².